The molecule has 2 aliphatic rings. The summed E-state index contributed by atoms with van der Waals surface area (Å²) in [6.07, 6.45) is 7.69. The minimum atomic E-state index is -1.44. The third kappa shape index (κ3) is 6.93. The summed E-state index contributed by atoms with van der Waals surface area (Å²) in [5.74, 6) is 4.17. The van der Waals surface area contributed by atoms with E-state index in [9.17, 15) is 4.79 Å². The number of allylic oxidation sites excluding steroid dienone is 3. The first kappa shape index (κ1) is 24.5. The quantitative estimate of drug-likeness (QED) is 0.242. The van der Waals surface area contributed by atoms with Gasteiger partial charge in [0.2, 0.25) is 5.79 Å². The molecule has 1 aromatic heterocycles. The first-order valence-electron chi connectivity index (χ1n) is 10.7. The van der Waals surface area contributed by atoms with Crippen LogP contribution in [-0.2, 0) is 30.4 Å². The summed E-state index contributed by atoms with van der Waals surface area (Å²) in [7, 11) is 1.57. The number of hydrazine groups is 1. The highest BCUT2D eigenvalue weighted by atomic mass is 16.7. The monoisotopic (exact) mass is 458 g/mol. The Hall–Kier alpha value is -3.12. The van der Waals surface area contributed by atoms with E-state index in [0.717, 1.165) is 18.4 Å². The van der Waals surface area contributed by atoms with Crippen LogP contribution in [0.1, 0.15) is 25.5 Å². The summed E-state index contributed by atoms with van der Waals surface area (Å²) in [5.41, 5.74) is 1.64. The van der Waals surface area contributed by atoms with Crippen molar-refractivity contribution in [3.05, 3.63) is 47.7 Å². The van der Waals surface area contributed by atoms with Gasteiger partial charge in [-0.1, -0.05) is 29.5 Å². The lowest BCUT2D eigenvalue weighted by atomic mass is 10.0. The lowest BCUT2D eigenvalue weighted by Gasteiger charge is -2.30. The summed E-state index contributed by atoms with van der Waals surface area (Å²) >= 11 is 0. The molecule has 1 aromatic rings. The highest BCUT2D eigenvalue weighted by molar-refractivity contribution is 6.46. The van der Waals surface area contributed by atoms with Crippen LogP contribution in [0.5, 0.6) is 0 Å². The number of rotatable bonds is 7. The summed E-state index contributed by atoms with van der Waals surface area (Å²) in [6.45, 7) is 2.87. The van der Waals surface area contributed by atoms with Crippen LogP contribution in [0.3, 0.4) is 0 Å². The number of hydrogen-bond donors (Lipinski definition) is 3. The third-order valence-electron chi connectivity index (χ3n) is 4.88. The topological polar surface area (TPSA) is 144 Å². The van der Waals surface area contributed by atoms with E-state index in [-0.39, 0.29) is 25.7 Å². The van der Waals surface area contributed by atoms with Gasteiger partial charge >= 0.3 is 0 Å². The fourth-order valence-electron chi connectivity index (χ4n) is 3.08. The molecular weight excluding hydrogens is 428 g/mol. The van der Waals surface area contributed by atoms with Crippen molar-refractivity contribution in [2.45, 2.75) is 32.2 Å². The summed E-state index contributed by atoms with van der Waals surface area (Å²) in [4.78, 5) is 22.6. The Morgan fingerprint density at radius 3 is 2.73 bits per heavy atom. The predicted octanol–water partition coefficient (Wildman–Crippen LogP) is 1.73. The number of nitrogens with zero attached hydrogens (tertiary/aromatic N) is 3. The second-order valence-electron chi connectivity index (χ2n) is 7.54. The van der Waals surface area contributed by atoms with Gasteiger partial charge in [-0.2, -0.15) is 0 Å². The molecule has 0 spiro atoms. The molecule has 4 N–H and O–H groups in total. The Bertz CT molecular complexity index is 935. The number of carbonyl (C=O) groups is 1. The molecule has 0 radical (unpaired) electrons. The molecule has 0 unspecified atom stereocenters. The van der Waals surface area contributed by atoms with Gasteiger partial charge in [-0.25, -0.2) is 10.8 Å². The van der Waals surface area contributed by atoms with Crippen molar-refractivity contribution in [3.63, 3.8) is 0 Å². The Kier molecular flexibility index (Phi) is 8.66. The van der Waals surface area contributed by atoms with Gasteiger partial charge in [0.1, 0.15) is 5.82 Å². The lowest BCUT2D eigenvalue weighted by molar-refractivity contribution is -0.237. The number of aromatic nitrogens is 1. The summed E-state index contributed by atoms with van der Waals surface area (Å²) in [5, 5.41) is 16.2. The lowest BCUT2D eigenvalue weighted by Crippen LogP contribution is -2.47. The molecule has 1 amide bonds. The van der Waals surface area contributed by atoms with Crippen LogP contribution in [0.25, 0.3) is 0 Å². The van der Waals surface area contributed by atoms with Gasteiger partial charge < -0.3 is 24.4 Å². The summed E-state index contributed by atoms with van der Waals surface area (Å²) < 4.78 is 16.4. The minimum Gasteiger partial charge on any atom is -0.389 e. The number of amides is 1. The Balaban J connectivity index is 1.65. The Labute approximate surface area is 192 Å². The standard InChI is InChI=1S/C22H30N6O5/c1-22(31-13-11-30-12-14-32-22)21(29)26-18-10-6-9-17(25-18)15-33-27-19(20(23)28(2)24)16-7-4-3-5-8-16/h4,6-10,23H,3,5,11-15,24H2,1-2H3,(H,25,26,29)/b23-20?,27-19-. The SMILES string of the molecule is CN(N)C(=N)/C(=N\OCc1cccc(NC(=O)C2(C)OCCOCCO2)n1)C1=CCCC=C1. The van der Waals surface area contributed by atoms with Crippen molar-refractivity contribution < 1.29 is 23.8 Å². The van der Waals surface area contributed by atoms with E-state index in [1.807, 2.05) is 18.2 Å². The zero-order valence-corrected chi connectivity index (χ0v) is 18.9. The Morgan fingerprint density at radius 1 is 1.30 bits per heavy atom. The van der Waals surface area contributed by atoms with Crippen LogP contribution in [0.4, 0.5) is 5.82 Å². The van der Waals surface area contributed by atoms with Crippen molar-refractivity contribution in [3.8, 4) is 0 Å². The number of ether oxygens (including phenoxy) is 3. The molecule has 2 heterocycles. The van der Waals surface area contributed by atoms with E-state index in [2.05, 4.69) is 15.5 Å². The number of oxime groups is 1. The number of pyridine rings is 1. The van der Waals surface area contributed by atoms with Gasteiger partial charge in [0.05, 0.1) is 32.1 Å². The highest BCUT2D eigenvalue weighted by Crippen LogP contribution is 2.18. The van der Waals surface area contributed by atoms with Crippen LogP contribution >= 0.6 is 0 Å². The normalized spacial score (nSPS) is 18.5. The number of nitrogens with two attached hydrogens (primary N) is 1. The van der Waals surface area contributed by atoms with Crippen LogP contribution in [-0.4, -0.2) is 66.7 Å². The number of hydrogen-bond acceptors (Lipinski definition) is 9. The van der Waals surface area contributed by atoms with Crippen molar-refractivity contribution in [1.82, 2.24) is 9.99 Å². The maximum absolute atomic E-state index is 12.7. The van der Waals surface area contributed by atoms with Gasteiger partial charge in [0.25, 0.3) is 5.91 Å². The second-order valence-corrected chi connectivity index (χ2v) is 7.54. The first-order chi connectivity index (χ1) is 15.9. The van der Waals surface area contributed by atoms with Gasteiger partial charge in [-0.15, -0.1) is 0 Å². The van der Waals surface area contributed by atoms with Crippen molar-refractivity contribution in [1.29, 1.82) is 5.41 Å². The number of nitrogens with one attached hydrogen (secondary N) is 2. The molecule has 1 fully saturated rings. The molecule has 11 nitrogen and oxygen atoms in total. The fraction of sp³-hybridized carbons (Fsp3) is 0.455. The van der Waals surface area contributed by atoms with Crippen molar-refractivity contribution in [2.75, 3.05) is 38.8 Å². The minimum absolute atomic E-state index is 0.0274. The van der Waals surface area contributed by atoms with Crippen LogP contribution in [0, 0.1) is 5.41 Å². The van der Waals surface area contributed by atoms with E-state index in [1.54, 1.807) is 32.2 Å². The molecule has 0 bridgehead atoms. The maximum Gasteiger partial charge on any atom is 0.285 e. The molecule has 1 aliphatic carbocycles. The van der Waals surface area contributed by atoms with Gasteiger partial charge in [-0.05, 0) is 31.9 Å². The molecule has 0 aromatic carbocycles. The fourth-order valence-corrected chi connectivity index (χ4v) is 3.08. The van der Waals surface area contributed by atoms with E-state index in [0.29, 0.717) is 30.4 Å². The third-order valence-corrected chi connectivity index (χ3v) is 4.88. The Morgan fingerprint density at radius 2 is 2.06 bits per heavy atom. The molecule has 0 saturated carbocycles. The highest BCUT2D eigenvalue weighted by Gasteiger charge is 2.36. The molecule has 11 heteroatoms. The van der Waals surface area contributed by atoms with Crippen LogP contribution < -0.4 is 11.2 Å². The van der Waals surface area contributed by atoms with Crippen LogP contribution in [0.15, 0.2) is 47.2 Å². The van der Waals surface area contributed by atoms with Crippen LogP contribution in [0.2, 0.25) is 0 Å². The van der Waals surface area contributed by atoms with E-state index >= 15 is 0 Å². The van der Waals surface area contributed by atoms with Crippen molar-refractivity contribution >= 4 is 23.3 Å². The van der Waals surface area contributed by atoms with Gasteiger partial charge in [-0.3, -0.25) is 15.2 Å². The zero-order chi connectivity index (χ0) is 23.7. The smallest absolute Gasteiger partial charge is 0.285 e. The molecular formula is C22H30N6O5. The van der Waals surface area contributed by atoms with Gasteiger partial charge in [0, 0.05) is 12.6 Å². The van der Waals surface area contributed by atoms with E-state index in [4.69, 9.17) is 30.3 Å². The molecule has 178 valence electrons. The largest absolute Gasteiger partial charge is 0.389 e. The summed E-state index contributed by atoms with van der Waals surface area (Å²) in [6, 6.07) is 5.14. The molecule has 33 heavy (non-hydrogen) atoms. The first-order valence-corrected chi connectivity index (χ1v) is 10.7. The molecule has 1 saturated heterocycles. The molecule has 1 aliphatic heterocycles. The number of carbonyl (C=O) groups excluding carboxylic acids is 1. The molecule has 3 rings (SSSR count). The number of amidine groups is 1. The molecule has 0 atom stereocenters. The van der Waals surface area contributed by atoms with Crippen molar-refractivity contribution in [2.24, 2.45) is 11.0 Å². The average molecular weight is 459 g/mol. The average Bonchev–Trinajstić information content (AvgIpc) is 2.79. The maximum atomic E-state index is 12.7. The van der Waals surface area contributed by atoms with E-state index < -0.39 is 11.7 Å². The second kappa shape index (κ2) is 11.7. The zero-order valence-electron chi connectivity index (χ0n) is 18.9. The van der Waals surface area contributed by atoms with Gasteiger partial charge in [0.15, 0.2) is 18.2 Å². The number of anilines is 1. The van der Waals surface area contributed by atoms with E-state index in [1.165, 1.54) is 5.01 Å². The predicted molar refractivity (Wildman–Crippen MR) is 122 cm³/mol.